The van der Waals surface area contributed by atoms with E-state index in [2.05, 4.69) is 0 Å². The maximum atomic E-state index is 12.8. The quantitative estimate of drug-likeness (QED) is 0.877. The van der Waals surface area contributed by atoms with Gasteiger partial charge in [0.05, 0.1) is 5.60 Å². The molecule has 0 spiro atoms. The summed E-state index contributed by atoms with van der Waals surface area (Å²) in [5, 5.41) is 10.5. The molecule has 0 aliphatic carbocycles. The Morgan fingerprint density at radius 3 is 2.47 bits per heavy atom. The normalized spacial score (nSPS) is 21.1. The Kier molecular flexibility index (Phi) is 3.79. The summed E-state index contributed by atoms with van der Waals surface area (Å²) in [6.07, 6.45) is 2.36. The zero-order chi connectivity index (χ0) is 12.3. The van der Waals surface area contributed by atoms with Crippen LogP contribution in [0.3, 0.4) is 0 Å². The van der Waals surface area contributed by atoms with Gasteiger partial charge in [-0.15, -0.1) is 0 Å². The summed E-state index contributed by atoms with van der Waals surface area (Å²) < 4.78 is 18.1. The van der Waals surface area contributed by atoms with Gasteiger partial charge >= 0.3 is 0 Å². The molecule has 1 aromatic rings. The van der Waals surface area contributed by atoms with E-state index in [0.29, 0.717) is 6.42 Å². The van der Waals surface area contributed by atoms with Gasteiger partial charge in [-0.3, -0.25) is 0 Å². The minimum atomic E-state index is -0.735. The Morgan fingerprint density at radius 1 is 1.29 bits per heavy atom. The van der Waals surface area contributed by atoms with Crippen molar-refractivity contribution in [3.8, 4) is 0 Å². The van der Waals surface area contributed by atoms with Crippen molar-refractivity contribution < 1.29 is 14.2 Å². The van der Waals surface area contributed by atoms with Crippen LogP contribution in [0.25, 0.3) is 0 Å². The van der Waals surface area contributed by atoms with Gasteiger partial charge in [-0.1, -0.05) is 12.1 Å². The summed E-state index contributed by atoms with van der Waals surface area (Å²) in [4.78, 5) is 0. The van der Waals surface area contributed by atoms with Crippen LogP contribution < -0.4 is 0 Å². The van der Waals surface area contributed by atoms with Gasteiger partial charge in [-0.25, -0.2) is 4.39 Å². The van der Waals surface area contributed by atoms with E-state index >= 15 is 0 Å². The van der Waals surface area contributed by atoms with Crippen LogP contribution in [0.15, 0.2) is 24.3 Å². The molecule has 2 rings (SSSR count). The number of aliphatic hydroxyl groups is 1. The Labute approximate surface area is 101 Å². The number of rotatable bonds is 3. The van der Waals surface area contributed by atoms with Crippen molar-refractivity contribution in [2.24, 2.45) is 5.92 Å². The van der Waals surface area contributed by atoms with Crippen LogP contribution >= 0.6 is 0 Å². The molecule has 1 heterocycles. The summed E-state index contributed by atoms with van der Waals surface area (Å²) in [5.74, 6) is 0.0285. The third kappa shape index (κ3) is 3.27. The molecule has 1 unspecified atom stereocenters. The molecule has 0 saturated carbocycles. The Balaban J connectivity index is 2.02. The fraction of sp³-hybridized carbons (Fsp3) is 0.571. The molecule has 17 heavy (non-hydrogen) atoms. The van der Waals surface area contributed by atoms with Gasteiger partial charge in [0, 0.05) is 19.6 Å². The second kappa shape index (κ2) is 5.15. The monoisotopic (exact) mass is 238 g/mol. The highest BCUT2D eigenvalue weighted by molar-refractivity contribution is 5.18. The summed E-state index contributed by atoms with van der Waals surface area (Å²) in [6.45, 7) is 3.32. The van der Waals surface area contributed by atoms with Crippen LogP contribution in [0.4, 0.5) is 4.39 Å². The molecule has 3 heteroatoms. The molecule has 1 fully saturated rings. The molecule has 0 amide bonds. The molecule has 1 saturated heterocycles. The zero-order valence-electron chi connectivity index (χ0n) is 10.2. The topological polar surface area (TPSA) is 29.5 Å². The highest BCUT2D eigenvalue weighted by Crippen LogP contribution is 2.30. The molecule has 1 N–H and O–H groups in total. The van der Waals surface area contributed by atoms with Crippen molar-refractivity contribution in [3.05, 3.63) is 35.6 Å². The van der Waals surface area contributed by atoms with Gasteiger partial charge in [-0.2, -0.15) is 0 Å². The van der Waals surface area contributed by atoms with Crippen LogP contribution in [-0.2, 0) is 11.2 Å². The van der Waals surface area contributed by atoms with Crippen LogP contribution in [0.1, 0.15) is 25.3 Å². The zero-order valence-corrected chi connectivity index (χ0v) is 10.2. The summed E-state index contributed by atoms with van der Waals surface area (Å²) >= 11 is 0. The molecule has 94 valence electrons. The molecule has 1 aromatic carbocycles. The first kappa shape index (κ1) is 12.5. The lowest BCUT2D eigenvalue weighted by Gasteiger charge is -2.35. The van der Waals surface area contributed by atoms with Gasteiger partial charge in [-0.05, 0) is 43.4 Å². The van der Waals surface area contributed by atoms with Crippen molar-refractivity contribution in [1.29, 1.82) is 0 Å². The Hall–Kier alpha value is -0.930. The number of benzene rings is 1. The van der Waals surface area contributed by atoms with E-state index in [0.717, 1.165) is 31.6 Å². The summed E-state index contributed by atoms with van der Waals surface area (Å²) in [6, 6.07) is 6.36. The number of hydrogen-bond acceptors (Lipinski definition) is 2. The molecule has 0 radical (unpaired) electrons. The molecule has 1 atom stereocenters. The lowest BCUT2D eigenvalue weighted by atomic mass is 9.79. The number of halogens is 1. The SMILES string of the molecule is CC(O)(Cc1ccc(F)cc1)C1CCOCC1. The van der Waals surface area contributed by atoms with E-state index in [1.165, 1.54) is 12.1 Å². The molecule has 1 aliphatic rings. The maximum absolute atomic E-state index is 12.8. The number of hydrogen-bond donors (Lipinski definition) is 1. The van der Waals surface area contributed by atoms with E-state index in [1.807, 2.05) is 6.92 Å². The van der Waals surface area contributed by atoms with Crippen LogP contribution in [0.2, 0.25) is 0 Å². The number of ether oxygens (including phenoxy) is 1. The lowest BCUT2D eigenvalue weighted by Crippen LogP contribution is -2.40. The van der Waals surface area contributed by atoms with E-state index in [4.69, 9.17) is 4.74 Å². The van der Waals surface area contributed by atoms with Crippen molar-refractivity contribution in [1.82, 2.24) is 0 Å². The molecule has 2 nitrogen and oxygen atoms in total. The highest BCUT2D eigenvalue weighted by atomic mass is 19.1. The predicted octanol–water partition coefficient (Wildman–Crippen LogP) is 2.55. The standard InChI is InChI=1S/C14H19FO2/c1-14(16,12-6-8-17-9-7-12)10-11-2-4-13(15)5-3-11/h2-5,12,16H,6-10H2,1H3. The molecular weight excluding hydrogens is 219 g/mol. The van der Waals surface area contributed by atoms with E-state index in [-0.39, 0.29) is 11.7 Å². The molecular formula is C14H19FO2. The average Bonchev–Trinajstić information content (AvgIpc) is 2.33. The van der Waals surface area contributed by atoms with Gasteiger partial charge in [0.25, 0.3) is 0 Å². The van der Waals surface area contributed by atoms with Crippen molar-refractivity contribution in [3.63, 3.8) is 0 Å². The van der Waals surface area contributed by atoms with E-state index < -0.39 is 5.60 Å². The van der Waals surface area contributed by atoms with E-state index in [1.54, 1.807) is 12.1 Å². The third-order valence-electron chi connectivity index (χ3n) is 3.58. The fourth-order valence-corrected chi connectivity index (χ4v) is 2.48. The Morgan fingerprint density at radius 2 is 1.88 bits per heavy atom. The molecule has 1 aliphatic heterocycles. The fourth-order valence-electron chi connectivity index (χ4n) is 2.48. The minimum Gasteiger partial charge on any atom is -0.390 e. The average molecular weight is 238 g/mol. The summed E-state index contributed by atoms with van der Waals surface area (Å²) in [5.41, 5.74) is 0.240. The Bertz CT molecular complexity index is 353. The van der Waals surface area contributed by atoms with Gasteiger partial charge in [0.1, 0.15) is 5.82 Å². The smallest absolute Gasteiger partial charge is 0.123 e. The molecule has 0 bridgehead atoms. The maximum Gasteiger partial charge on any atom is 0.123 e. The third-order valence-corrected chi connectivity index (χ3v) is 3.58. The first-order valence-electron chi connectivity index (χ1n) is 6.12. The van der Waals surface area contributed by atoms with Crippen LogP contribution in [0, 0.1) is 11.7 Å². The van der Waals surface area contributed by atoms with E-state index in [9.17, 15) is 9.50 Å². The second-order valence-electron chi connectivity index (χ2n) is 5.05. The lowest BCUT2D eigenvalue weighted by molar-refractivity contribution is -0.0530. The minimum absolute atomic E-state index is 0.237. The van der Waals surface area contributed by atoms with Crippen LogP contribution in [-0.4, -0.2) is 23.9 Å². The van der Waals surface area contributed by atoms with Crippen molar-refractivity contribution in [2.75, 3.05) is 13.2 Å². The first-order chi connectivity index (χ1) is 8.08. The van der Waals surface area contributed by atoms with Gasteiger partial charge in [0.15, 0.2) is 0 Å². The second-order valence-corrected chi connectivity index (χ2v) is 5.05. The molecule has 0 aromatic heterocycles. The van der Waals surface area contributed by atoms with Gasteiger partial charge in [0.2, 0.25) is 0 Å². The highest BCUT2D eigenvalue weighted by Gasteiger charge is 2.33. The van der Waals surface area contributed by atoms with Crippen molar-refractivity contribution in [2.45, 2.75) is 31.8 Å². The van der Waals surface area contributed by atoms with Gasteiger partial charge < -0.3 is 9.84 Å². The van der Waals surface area contributed by atoms with Crippen LogP contribution in [0.5, 0.6) is 0 Å². The van der Waals surface area contributed by atoms with Crippen molar-refractivity contribution >= 4 is 0 Å². The summed E-state index contributed by atoms with van der Waals surface area (Å²) in [7, 11) is 0. The predicted molar refractivity (Wildman–Crippen MR) is 64.3 cm³/mol. The first-order valence-corrected chi connectivity index (χ1v) is 6.12. The largest absolute Gasteiger partial charge is 0.390 e.